The number of rotatable bonds is 6. The van der Waals surface area contributed by atoms with Crippen molar-refractivity contribution in [3.05, 3.63) is 59.2 Å². The van der Waals surface area contributed by atoms with Crippen LogP contribution < -0.4 is 10.6 Å². The van der Waals surface area contributed by atoms with Crippen molar-refractivity contribution < 1.29 is 9.53 Å². The van der Waals surface area contributed by atoms with Crippen molar-refractivity contribution in [2.45, 2.75) is 37.8 Å². The third kappa shape index (κ3) is 4.91. The van der Waals surface area contributed by atoms with Crippen molar-refractivity contribution >= 4 is 5.78 Å². The van der Waals surface area contributed by atoms with Gasteiger partial charge in [-0.1, -0.05) is 42.5 Å². The highest BCUT2D eigenvalue weighted by molar-refractivity contribution is 6.00. The maximum atomic E-state index is 11.8. The lowest BCUT2D eigenvalue weighted by molar-refractivity contribution is 0.0660. The molecular weight excluding hydrogens is 362 g/mol. The first-order valence-electron chi connectivity index (χ1n) is 10.4. The fourth-order valence-corrected chi connectivity index (χ4v) is 4.04. The van der Waals surface area contributed by atoms with Crippen LogP contribution in [0.1, 0.15) is 34.3 Å². The normalized spacial score (nSPS) is 20.0. The Morgan fingerprint density at radius 2 is 2.00 bits per heavy atom. The summed E-state index contributed by atoms with van der Waals surface area (Å²) in [4.78, 5) is 11.8. The summed E-state index contributed by atoms with van der Waals surface area (Å²) in [6.45, 7) is 3.27. The number of carbonyl (C=O) groups excluding carboxylic acids is 1. The molecule has 2 aromatic carbocycles. The van der Waals surface area contributed by atoms with Gasteiger partial charge in [-0.25, -0.2) is 0 Å². The molecule has 0 aromatic heterocycles. The first-order valence-corrected chi connectivity index (χ1v) is 10.4. The number of carbonyl (C=O) groups is 1. The minimum absolute atomic E-state index is 0.113. The Bertz CT molecular complexity index is 893. The quantitative estimate of drug-likeness (QED) is 0.795. The highest BCUT2D eigenvalue weighted by Crippen LogP contribution is 2.28. The fraction of sp³-hybridized carbons (Fsp3) is 0.417. The molecule has 1 fully saturated rings. The topological polar surface area (TPSA) is 74.2 Å². The van der Waals surface area contributed by atoms with Crippen molar-refractivity contribution in [3.63, 3.8) is 0 Å². The van der Waals surface area contributed by atoms with Gasteiger partial charge in [-0.2, -0.15) is 5.26 Å². The summed E-state index contributed by atoms with van der Waals surface area (Å²) in [5.74, 6) is 0.252. The van der Waals surface area contributed by atoms with Gasteiger partial charge in [-0.05, 0) is 41.6 Å². The summed E-state index contributed by atoms with van der Waals surface area (Å²) >= 11 is 0. The van der Waals surface area contributed by atoms with Crippen LogP contribution in [0.5, 0.6) is 0 Å². The third-order valence-corrected chi connectivity index (χ3v) is 5.73. The van der Waals surface area contributed by atoms with Gasteiger partial charge in [0.05, 0.1) is 18.2 Å². The number of fused-ring (bicyclic) bond motifs is 1. The van der Waals surface area contributed by atoms with E-state index in [9.17, 15) is 10.1 Å². The Morgan fingerprint density at radius 3 is 2.83 bits per heavy atom. The summed E-state index contributed by atoms with van der Waals surface area (Å²) in [5.41, 5.74) is 5.43. The standard InChI is InChI=1S/C24H27N3O2/c25-14-21(27-16-22-15-26-10-1-11-29-22)12-17-2-4-18(5-3-17)19-6-8-23-20(13-19)7-9-24(23)28/h2-6,8,13,21-22,26-27H,1,7,9-12,15-16H2/t21-,22?/m0/s1. The second-order valence-electron chi connectivity index (χ2n) is 7.84. The molecule has 1 heterocycles. The Labute approximate surface area is 172 Å². The van der Waals surface area contributed by atoms with Crippen molar-refractivity contribution in [1.82, 2.24) is 10.6 Å². The van der Waals surface area contributed by atoms with E-state index in [1.54, 1.807) is 0 Å². The molecule has 1 aliphatic heterocycles. The maximum Gasteiger partial charge on any atom is 0.163 e. The maximum absolute atomic E-state index is 11.8. The van der Waals surface area contributed by atoms with Gasteiger partial charge >= 0.3 is 0 Å². The van der Waals surface area contributed by atoms with Crippen LogP contribution in [0, 0.1) is 11.3 Å². The van der Waals surface area contributed by atoms with Gasteiger partial charge in [0.1, 0.15) is 0 Å². The van der Waals surface area contributed by atoms with Gasteiger partial charge < -0.3 is 10.1 Å². The van der Waals surface area contributed by atoms with Crippen molar-refractivity contribution in [2.24, 2.45) is 0 Å². The van der Waals surface area contributed by atoms with Gasteiger partial charge in [0.2, 0.25) is 0 Å². The largest absolute Gasteiger partial charge is 0.376 e. The molecule has 0 saturated carbocycles. The third-order valence-electron chi connectivity index (χ3n) is 5.73. The summed E-state index contributed by atoms with van der Waals surface area (Å²) in [5, 5.41) is 16.2. The second-order valence-corrected chi connectivity index (χ2v) is 7.84. The molecule has 0 amide bonds. The molecule has 5 nitrogen and oxygen atoms in total. The number of benzene rings is 2. The van der Waals surface area contributed by atoms with Crippen LogP contribution in [-0.4, -0.2) is 44.2 Å². The van der Waals surface area contributed by atoms with E-state index in [1.807, 2.05) is 12.1 Å². The van der Waals surface area contributed by atoms with Crippen LogP contribution in [0.15, 0.2) is 42.5 Å². The van der Waals surface area contributed by atoms with Gasteiger partial charge in [-0.3, -0.25) is 10.1 Å². The predicted octanol–water partition coefficient (Wildman–Crippen LogP) is 2.89. The molecule has 2 aliphatic rings. The number of Topliss-reactive ketones (excluding diaryl/α,β-unsaturated/α-hetero) is 1. The molecule has 1 aliphatic carbocycles. The molecular formula is C24H27N3O2. The Hall–Kier alpha value is -2.52. The molecule has 2 N–H and O–H groups in total. The molecule has 150 valence electrons. The Balaban J connectivity index is 1.36. The molecule has 5 heteroatoms. The molecule has 2 atom stereocenters. The molecule has 0 radical (unpaired) electrons. The monoisotopic (exact) mass is 389 g/mol. The van der Waals surface area contributed by atoms with E-state index in [-0.39, 0.29) is 17.9 Å². The number of nitrogens with one attached hydrogen (secondary N) is 2. The van der Waals surface area contributed by atoms with E-state index < -0.39 is 0 Å². The van der Waals surface area contributed by atoms with Gasteiger partial charge in [0, 0.05) is 38.1 Å². The van der Waals surface area contributed by atoms with Crippen LogP contribution in [0.25, 0.3) is 11.1 Å². The number of ether oxygens (including phenoxy) is 1. The zero-order valence-electron chi connectivity index (χ0n) is 16.6. The number of hydrogen-bond acceptors (Lipinski definition) is 5. The molecule has 29 heavy (non-hydrogen) atoms. The van der Waals surface area contributed by atoms with E-state index in [2.05, 4.69) is 47.0 Å². The zero-order chi connectivity index (χ0) is 20.1. The average Bonchev–Trinajstić information content (AvgIpc) is 2.95. The van der Waals surface area contributed by atoms with E-state index in [1.165, 1.54) is 0 Å². The van der Waals surface area contributed by atoms with Crippen molar-refractivity contribution in [2.75, 3.05) is 26.2 Å². The highest BCUT2D eigenvalue weighted by Gasteiger charge is 2.19. The highest BCUT2D eigenvalue weighted by atomic mass is 16.5. The van der Waals surface area contributed by atoms with Gasteiger partial charge in [0.15, 0.2) is 5.78 Å². The predicted molar refractivity (Wildman–Crippen MR) is 113 cm³/mol. The molecule has 1 saturated heterocycles. The minimum Gasteiger partial charge on any atom is -0.376 e. The van der Waals surface area contributed by atoms with E-state index in [0.717, 1.165) is 60.4 Å². The van der Waals surface area contributed by atoms with Crippen molar-refractivity contribution in [1.29, 1.82) is 5.26 Å². The van der Waals surface area contributed by atoms with Crippen LogP contribution in [0.3, 0.4) is 0 Å². The first kappa shape index (κ1) is 19.8. The summed E-state index contributed by atoms with van der Waals surface area (Å²) in [6.07, 6.45) is 3.28. The van der Waals surface area contributed by atoms with E-state index >= 15 is 0 Å². The molecule has 2 aromatic rings. The van der Waals surface area contributed by atoms with Gasteiger partial charge in [-0.15, -0.1) is 0 Å². The van der Waals surface area contributed by atoms with Gasteiger partial charge in [0.25, 0.3) is 0 Å². The molecule has 0 bridgehead atoms. The number of aryl methyl sites for hydroxylation is 1. The Kier molecular flexibility index (Phi) is 6.36. The average molecular weight is 389 g/mol. The SMILES string of the molecule is N#C[C@H](Cc1ccc(-c2ccc3c(c2)CCC3=O)cc1)NCC1CNCCCO1. The van der Waals surface area contributed by atoms with Crippen molar-refractivity contribution in [3.8, 4) is 17.2 Å². The van der Waals surface area contributed by atoms with Crippen LogP contribution in [0.4, 0.5) is 0 Å². The second kappa shape index (κ2) is 9.32. The lowest BCUT2D eigenvalue weighted by Crippen LogP contribution is -2.40. The molecule has 1 unspecified atom stereocenters. The van der Waals surface area contributed by atoms with E-state index in [0.29, 0.717) is 19.4 Å². The lowest BCUT2D eigenvalue weighted by Gasteiger charge is -2.18. The summed E-state index contributed by atoms with van der Waals surface area (Å²) < 4.78 is 5.80. The molecule has 4 rings (SSSR count). The Morgan fingerprint density at radius 1 is 1.17 bits per heavy atom. The number of ketones is 1. The summed E-state index contributed by atoms with van der Waals surface area (Å²) in [6, 6.07) is 16.6. The number of nitriles is 1. The van der Waals surface area contributed by atoms with Crippen LogP contribution in [-0.2, 0) is 17.6 Å². The van der Waals surface area contributed by atoms with E-state index in [4.69, 9.17) is 4.74 Å². The van der Waals surface area contributed by atoms with Crippen LogP contribution in [0.2, 0.25) is 0 Å². The number of hydrogen-bond donors (Lipinski definition) is 2. The first-order chi connectivity index (χ1) is 14.2. The van der Waals surface area contributed by atoms with Crippen LogP contribution >= 0.6 is 0 Å². The smallest absolute Gasteiger partial charge is 0.163 e. The summed E-state index contributed by atoms with van der Waals surface area (Å²) in [7, 11) is 0. The minimum atomic E-state index is -0.237. The number of nitrogens with zero attached hydrogens (tertiary/aromatic N) is 1. The molecule has 0 spiro atoms. The zero-order valence-corrected chi connectivity index (χ0v) is 16.6. The fourth-order valence-electron chi connectivity index (χ4n) is 4.04. The lowest BCUT2D eigenvalue weighted by atomic mass is 9.98.